The molecule has 0 aliphatic heterocycles. The van der Waals surface area contributed by atoms with Crippen LogP contribution < -0.4 is 5.32 Å². The van der Waals surface area contributed by atoms with E-state index in [0.29, 0.717) is 22.5 Å². The molecule has 0 spiro atoms. The lowest BCUT2D eigenvalue weighted by molar-refractivity contribution is 0.0917. The summed E-state index contributed by atoms with van der Waals surface area (Å²) in [4.78, 5) is 26.2. The molecule has 0 aliphatic carbocycles. The third-order valence-electron chi connectivity index (χ3n) is 2.67. The second kappa shape index (κ2) is 5.14. The number of Topliss-reactive ketones (excluding diaryl/α,β-unsaturated/α-hetero) is 1. The van der Waals surface area contributed by atoms with Gasteiger partial charge >= 0.3 is 0 Å². The Hall–Kier alpha value is -1.62. The molecule has 5 heteroatoms. The van der Waals surface area contributed by atoms with Crippen molar-refractivity contribution in [3.8, 4) is 0 Å². The van der Waals surface area contributed by atoms with Crippen LogP contribution in [0.3, 0.4) is 0 Å². The molecule has 0 saturated heterocycles. The van der Waals surface area contributed by atoms with Crippen LogP contribution in [0.15, 0.2) is 0 Å². The van der Waals surface area contributed by atoms with Crippen molar-refractivity contribution in [1.82, 2.24) is 10.3 Å². The van der Waals surface area contributed by atoms with E-state index in [4.69, 9.17) is 5.11 Å². The SMILES string of the molecule is CC(=O)c1c(C)[nH]c(C(=O)NC(C)CO)c1C. The largest absolute Gasteiger partial charge is 0.394 e. The first kappa shape index (κ1) is 13.4. The number of H-pyrrole nitrogens is 1. The molecule has 1 atom stereocenters. The predicted octanol–water partition coefficient (Wildman–Crippen LogP) is 0.945. The second-order valence-electron chi connectivity index (χ2n) is 4.24. The van der Waals surface area contributed by atoms with Gasteiger partial charge in [-0.25, -0.2) is 0 Å². The van der Waals surface area contributed by atoms with Crippen LogP contribution in [0.5, 0.6) is 0 Å². The lowest BCUT2D eigenvalue weighted by Gasteiger charge is -2.10. The van der Waals surface area contributed by atoms with E-state index in [9.17, 15) is 9.59 Å². The summed E-state index contributed by atoms with van der Waals surface area (Å²) in [6.07, 6.45) is 0. The minimum Gasteiger partial charge on any atom is -0.394 e. The number of hydrogen-bond acceptors (Lipinski definition) is 3. The quantitative estimate of drug-likeness (QED) is 0.683. The Labute approximate surface area is 100 Å². The van der Waals surface area contributed by atoms with E-state index in [-0.39, 0.29) is 24.3 Å². The van der Waals surface area contributed by atoms with Crippen LogP contribution in [-0.2, 0) is 0 Å². The Morgan fingerprint density at radius 2 is 2.00 bits per heavy atom. The van der Waals surface area contributed by atoms with Gasteiger partial charge in [-0.05, 0) is 33.3 Å². The van der Waals surface area contributed by atoms with Gasteiger partial charge in [-0.3, -0.25) is 9.59 Å². The summed E-state index contributed by atoms with van der Waals surface area (Å²) < 4.78 is 0. The monoisotopic (exact) mass is 238 g/mol. The lowest BCUT2D eigenvalue weighted by Crippen LogP contribution is -2.35. The van der Waals surface area contributed by atoms with Gasteiger partial charge in [-0.15, -0.1) is 0 Å². The summed E-state index contributed by atoms with van der Waals surface area (Å²) in [6.45, 7) is 6.55. The van der Waals surface area contributed by atoms with Gasteiger partial charge in [0.25, 0.3) is 5.91 Å². The van der Waals surface area contributed by atoms with E-state index in [1.807, 2.05) is 0 Å². The Morgan fingerprint density at radius 3 is 2.41 bits per heavy atom. The van der Waals surface area contributed by atoms with Crippen LogP contribution in [0.25, 0.3) is 0 Å². The fourth-order valence-electron chi connectivity index (χ4n) is 1.85. The topological polar surface area (TPSA) is 82.2 Å². The van der Waals surface area contributed by atoms with Crippen molar-refractivity contribution in [3.63, 3.8) is 0 Å². The molecular weight excluding hydrogens is 220 g/mol. The van der Waals surface area contributed by atoms with Crippen LogP contribution in [0.2, 0.25) is 0 Å². The Kier molecular flexibility index (Phi) is 4.07. The van der Waals surface area contributed by atoms with Gasteiger partial charge in [0, 0.05) is 17.3 Å². The molecule has 17 heavy (non-hydrogen) atoms. The van der Waals surface area contributed by atoms with Gasteiger partial charge in [0.1, 0.15) is 5.69 Å². The fourth-order valence-corrected chi connectivity index (χ4v) is 1.85. The molecule has 1 amide bonds. The molecule has 3 N–H and O–H groups in total. The van der Waals surface area contributed by atoms with Crippen LogP contribution >= 0.6 is 0 Å². The Bertz CT molecular complexity index is 449. The van der Waals surface area contributed by atoms with Crippen molar-refractivity contribution >= 4 is 11.7 Å². The van der Waals surface area contributed by atoms with Crippen LogP contribution in [-0.4, -0.2) is 34.4 Å². The van der Waals surface area contributed by atoms with E-state index in [0.717, 1.165) is 0 Å². The first-order valence-corrected chi connectivity index (χ1v) is 5.50. The number of amides is 1. The summed E-state index contributed by atoms with van der Waals surface area (Å²) >= 11 is 0. The van der Waals surface area contributed by atoms with Gasteiger partial charge in [0.15, 0.2) is 5.78 Å². The van der Waals surface area contributed by atoms with Gasteiger partial charge in [-0.2, -0.15) is 0 Å². The van der Waals surface area contributed by atoms with Crippen molar-refractivity contribution in [2.45, 2.75) is 33.7 Å². The van der Waals surface area contributed by atoms with Crippen molar-refractivity contribution in [2.75, 3.05) is 6.61 Å². The number of rotatable bonds is 4. The van der Waals surface area contributed by atoms with Crippen molar-refractivity contribution in [2.24, 2.45) is 0 Å². The Balaban J connectivity index is 3.04. The molecule has 0 aliphatic rings. The summed E-state index contributed by atoms with van der Waals surface area (Å²) in [5.41, 5.74) is 2.29. The maximum Gasteiger partial charge on any atom is 0.268 e. The van der Waals surface area contributed by atoms with E-state index >= 15 is 0 Å². The normalized spacial score (nSPS) is 12.3. The Morgan fingerprint density at radius 1 is 1.41 bits per heavy atom. The molecule has 1 heterocycles. The smallest absolute Gasteiger partial charge is 0.268 e. The van der Waals surface area contributed by atoms with E-state index in [1.165, 1.54) is 6.92 Å². The predicted molar refractivity (Wildman–Crippen MR) is 64.3 cm³/mol. The highest BCUT2D eigenvalue weighted by atomic mass is 16.3. The molecule has 1 aromatic heterocycles. The lowest BCUT2D eigenvalue weighted by atomic mass is 10.1. The molecule has 0 radical (unpaired) electrons. The van der Waals surface area contributed by atoms with E-state index in [2.05, 4.69) is 10.3 Å². The zero-order valence-electron chi connectivity index (χ0n) is 10.5. The number of aliphatic hydroxyl groups is 1. The highest BCUT2D eigenvalue weighted by Gasteiger charge is 2.20. The molecular formula is C12H18N2O3. The fraction of sp³-hybridized carbons (Fsp3) is 0.500. The highest BCUT2D eigenvalue weighted by molar-refractivity contribution is 6.02. The van der Waals surface area contributed by atoms with E-state index < -0.39 is 0 Å². The van der Waals surface area contributed by atoms with Gasteiger partial charge in [0.2, 0.25) is 0 Å². The van der Waals surface area contributed by atoms with Gasteiger partial charge in [-0.1, -0.05) is 0 Å². The van der Waals surface area contributed by atoms with E-state index in [1.54, 1.807) is 20.8 Å². The number of ketones is 1. The number of hydrogen-bond donors (Lipinski definition) is 3. The highest BCUT2D eigenvalue weighted by Crippen LogP contribution is 2.18. The zero-order valence-corrected chi connectivity index (χ0v) is 10.5. The summed E-state index contributed by atoms with van der Waals surface area (Å²) in [5.74, 6) is -0.370. The molecule has 0 fully saturated rings. The minimum atomic E-state index is -0.314. The molecule has 0 saturated carbocycles. The summed E-state index contributed by atoms with van der Waals surface area (Å²) in [6, 6.07) is -0.314. The third-order valence-corrected chi connectivity index (χ3v) is 2.67. The molecule has 94 valence electrons. The molecule has 1 rings (SSSR count). The van der Waals surface area contributed by atoms with Crippen LogP contribution in [0, 0.1) is 13.8 Å². The van der Waals surface area contributed by atoms with Crippen molar-refractivity contribution < 1.29 is 14.7 Å². The molecule has 0 aromatic carbocycles. The number of aromatic amines is 1. The molecule has 1 unspecified atom stereocenters. The maximum atomic E-state index is 11.9. The third kappa shape index (κ3) is 2.74. The van der Waals surface area contributed by atoms with Crippen LogP contribution in [0.1, 0.15) is 46.0 Å². The number of aromatic nitrogens is 1. The maximum absolute atomic E-state index is 11.9. The number of carbonyl (C=O) groups excluding carboxylic acids is 2. The average Bonchev–Trinajstić information content (AvgIpc) is 2.53. The number of nitrogens with one attached hydrogen (secondary N) is 2. The van der Waals surface area contributed by atoms with Gasteiger partial charge < -0.3 is 15.4 Å². The summed E-state index contributed by atoms with van der Waals surface area (Å²) in [5, 5.41) is 11.5. The zero-order chi connectivity index (χ0) is 13.2. The first-order valence-electron chi connectivity index (χ1n) is 5.50. The first-order chi connectivity index (χ1) is 7.88. The minimum absolute atomic E-state index is 0.0643. The van der Waals surface area contributed by atoms with Gasteiger partial charge in [0.05, 0.1) is 6.61 Å². The molecule has 1 aromatic rings. The molecule has 5 nitrogen and oxygen atoms in total. The second-order valence-corrected chi connectivity index (χ2v) is 4.24. The van der Waals surface area contributed by atoms with Crippen molar-refractivity contribution in [1.29, 1.82) is 0 Å². The standard InChI is InChI=1S/C12H18N2O3/c1-6(5-15)13-12(17)11-7(2)10(9(4)16)8(3)14-11/h6,14-15H,5H2,1-4H3,(H,13,17). The number of aryl methyl sites for hydroxylation is 1. The van der Waals surface area contributed by atoms with Crippen LogP contribution in [0.4, 0.5) is 0 Å². The number of carbonyl (C=O) groups is 2. The van der Waals surface area contributed by atoms with Crippen molar-refractivity contribution in [3.05, 3.63) is 22.5 Å². The molecule has 0 bridgehead atoms. The average molecular weight is 238 g/mol. The number of aliphatic hydroxyl groups excluding tert-OH is 1. The summed E-state index contributed by atoms with van der Waals surface area (Å²) in [7, 11) is 0.